The summed E-state index contributed by atoms with van der Waals surface area (Å²) in [5, 5.41) is 22.2. The zero-order valence-electron chi connectivity index (χ0n) is 19.1. The van der Waals surface area contributed by atoms with Gasteiger partial charge in [-0.15, -0.1) is 0 Å². The number of alkyl halides is 1. The molecule has 35 heavy (non-hydrogen) atoms. The minimum absolute atomic E-state index is 0.0675. The average Bonchev–Trinajstić information content (AvgIpc) is 3.57. The number of nitrogens with zero attached hydrogens (tertiary/aromatic N) is 4. The zero-order chi connectivity index (χ0) is 25.9. The van der Waals surface area contributed by atoms with Gasteiger partial charge in [-0.2, -0.15) is 0 Å². The molecular weight excluding hydrogens is 464 g/mol. The summed E-state index contributed by atoms with van der Waals surface area (Å²) in [6.07, 6.45) is 2.22. The molecule has 3 heterocycles. The molecule has 3 aromatic heterocycles. The van der Waals surface area contributed by atoms with Crippen molar-refractivity contribution in [1.29, 1.82) is 0 Å². The molecule has 10 nitrogen and oxygen atoms in total. The van der Waals surface area contributed by atoms with Gasteiger partial charge in [0.25, 0.3) is 12.0 Å². The van der Waals surface area contributed by atoms with Crippen LogP contribution in [0.2, 0.25) is 0 Å². The van der Waals surface area contributed by atoms with Crippen molar-refractivity contribution in [2.75, 3.05) is 5.32 Å². The molecule has 3 aromatic rings. The number of amides is 1. The van der Waals surface area contributed by atoms with Gasteiger partial charge in [-0.3, -0.25) is 19.4 Å². The number of nitrogens with one attached hydrogen (secondary N) is 1. The van der Waals surface area contributed by atoms with E-state index in [0.29, 0.717) is 16.5 Å². The Hall–Kier alpha value is -4.22. The number of hydrogen-bond acceptors (Lipinski definition) is 7. The quantitative estimate of drug-likeness (QED) is 0.217. The molecule has 1 aliphatic rings. The fourth-order valence-corrected chi connectivity index (χ4v) is 3.62. The molecule has 184 valence electrons. The van der Waals surface area contributed by atoms with Gasteiger partial charge in [0.2, 0.25) is 5.91 Å². The lowest BCUT2D eigenvalue weighted by Crippen LogP contribution is -2.21. The van der Waals surface area contributed by atoms with Gasteiger partial charge >= 0.3 is 0 Å². The van der Waals surface area contributed by atoms with E-state index in [4.69, 9.17) is 15.1 Å². The molecule has 12 heteroatoms. The van der Waals surface area contributed by atoms with Crippen molar-refractivity contribution in [2.24, 2.45) is 18.1 Å². The lowest BCUT2D eigenvalue weighted by molar-refractivity contribution is -0.123. The summed E-state index contributed by atoms with van der Waals surface area (Å²) in [5.41, 5.74) is 0.877. The lowest BCUT2D eigenvalue weighted by Gasteiger charge is -2.13. The molecule has 1 amide bonds. The molecule has 0 aromatic carbocycles. The molecular formula is C23H23F2N5O5. The predicted octanol–water partition coefficient (Wildman–Crippen LogP) is 3.03. The summed E-state index contributed by atoms with van der Waals surface area (Å²) in [5.74, 6) is -1.55. The Balaban J connectivity index is 0.00000108. The summed E-state index contributed by atoms with van der Waals surface area (Å²) in [6, 6.07) is 3.12. The van der Waals surface area contributed by atoms with Crippen LogP contribution in [-0.4, -0.2) is 49.1 Å². The minimum atomic E-state index is -1.12. The van der Waals surface area contributed by atoms with E-state index in [1.165, 1.54) is 30.0 Å². The minimum Gasteiger partial charge on any atom is -0.483 e. The molecule has 0 unspecified atom stereocenters. The van der Waals surface area contributed by atoms with Crippen LogP contribution in [0, 0.1) is 18.7 Å². The maximum Gasteiger partial charge on any atom is 0.290 e. The summed E-state index contributed by atoms with van der Waals surface area (Å²) in [6.45, 7) is 2.99. The second kappa shape index (κ2) is 10.4. The van der Waals surface area contributed by atoms with Crippen LogP contribution in [0.15, 0.2) is 34.5 Å². The smallest absolute Gasteiger partial charge is 0.290 e. The highest BCUT2D eigenvalue weighted by Gasteiger charge is 2.43. The Morgan fingerprint density at radius 1 is 1.31 bits per heavy atom. The Morgan fingerprint density at radius 3 is 2.54 bits per heavy atom. The van der Waals surface area contributed by atoms with E-state index in [9.17, 15) is 18.4 Å². The Kier molecular flexibility index (Phi) is 7.52. The van der Waals surface area contributed by atoms with Gasteiger partial charge in [-0.25, -0.2) is 13.8 Å². The van der Waals surface area contributed by atoms with Gasteiger partial charge in [-0.05, 0) is 31.4 Å². The van der Waals surface area contributed by atoms with Crippen molar-refractivity contribution in [3.63, 3.8) is 0 Å². The van der Waals surface area contributed by atoms with Crippen molar-refractivity contribution in [3.05, 3.63) is 52.0 Å². The molecule has 0 saturated heterocycles. The highest BCUT2D eigenvalue weighted by atomic mass is 19.1. The van der Waals surface area contributed by atoms with Crippen LogP contribution < -0.4 is 10.9 Å². The van der Waals surface area contributed by atoms with Crippen LogP contribution in [0.4, 0.5) is 14.6 Å². The summed E-state index contributed by atoms with van der Waals surface area (Å²) < 4.78 is 29.4. The van der Waals surface area contributed by atoms with Crippen LogP contribution in [0.5, 0.6) is 0 Å². The number of carbonyl (C=O) groups excluding carboxylic acids is 1. The van der Waals surface area contributed by atoms with Gasteiger partial charge in [-0.1, -0.05) is 12.1 Å². The third-order valence-corrected chi connectivity index (χ3v) is 5.69. The van der Waals surface area contributed by atoms with Crippen molar-refractivity contribution < 1.29 is 28.7 Å². The van der Waals surface area contributed by atoms with E-state index >= 15 is 0 Å². The van der Waals surface area contributed by atoms with Gasteiger partial charge in [0, 0.05) is 42.0 Å². The lowest BCUT2D eigenvalue weighted by atomic mass is 10.00. The molecule has 0 spiro atoms. The van der Waals surface area contributed by atoms with Gasteiger partial charge in [0.05, 0.1) is 11.4 Å². The molecule has 4 rings (SSSR count). The fourth-order valence-electron chi connectivity index (χ4n) is 3.62. The number of aryl methyl sites for hydroxylation is 1. The molecule has 0 radical (unpaired) electrons. The number of oxime groups is 1. The molecule has 0 aliphatic heterocycles. The van der Waals surface area contributed by atoms with Crippen LogP contribution in [-0.2, 0) is 16.6 Å². The summed E-state index contributed by atoms with van der Waals surface area (Å²) >= 11 is 0. The van der Waals surface area contributed by atoms with Crippen molar-refractivity contribution >= 4 is 34.8 Å². The first-order valence-corrected chi connectivity index (χ1v) is 10.6. The number of carboxylic acid groups (broad SMARTS) is 1. The standard InChI is InChI=1S/C22H21F2N5O3.CH2O2/c1-4-16(28-32)20-19(24)10(2)14(9-26-20)12-5-11-8-25-18(7-17(11)29(3)22(12)31)27-21(30)13-6-15(13)23;2-1-3/h5,7-9,13,15,32H,4,6H2,1-3H3,(H,25,27,30);1H,(H,2,3)/b28-16+;/t13-,15+;/m0./s1. The number of anilines is 1. The van der Waals surface area contributed by atoms with E-state index in [1.807, 2.05) is 0 Å². The number of carbonyl (C=O) groups is 2. The first-order chi connectivity index (χ1) is 16.7. The third-order valence-electron chi connectivity index (χ3n) is 5.69. The first-order valence-electron chi connectivity index (χ1n) is 10.6. The van der Waals surface area contributed by atoms with E-state index in [1.54, 1.807) is 20.0 Å². The fraction of sp³-hybridized carbons (Fsp3) is 0.304. The number of pyridine rings is 3. The third kappa shape index (κ3) is 5.00. The van der Waals surface area contributed by atoms with Gasteiger partial charge in [0.15, 0.2) is 5.82 Å². The normalized spacial score (nSPS) is 16.9. The summed E-state index contributed by atoms with van der Waals surface area (Å²) in [7, 11) is 1.55. The molecule has 1 saturated carbocycles. The number of aromatic nitrogens is 3. The van der Waals surface area contributed by atoms with E-state index in [0.717, 1.165) is 0 Å². The second-order valence-corrected chi connectivity index (χ2v) is 7.86. The number of fused-ring (bicyclic) bond motifs is 1. The molecule has 1 fully saturated rings. The van der Waals surface area contributed by atoms with Crippen molar-refractivity contribution in [3.8, 4) is 11.1 Å². The Morgan fingerprint density at radius 2 is 1.97 bits per heavy atom. The average molecular weight is 487 g/mol. The first kappa shape index (κ1) is 25.4. The monoisotopic (exact) mass is 487 g/mol. The molecule has 3 N–H and O–H groups in total. The maximum absolute atomic E-state index is 14.9. The molecule has 0 bridgehead atoms. The zero-order valence-corrected chi connectivity index (χ0v) is 19.1. The highest BCUT2D eigenvalue weighted by molar-refractivity contribution is 5.99. The van der Waals surface area contributed by atoms with Crippen LogP contribution in [0.25, 0.3) is 22.0 Å². The van der Waals surface area contributed by atoms with E-state index < -0.39 is 29.4 Å². The SMILES string of the molecule is CC/C(=N\O)c1ncc(-c2cc3cnc(NC(=O)[C@H]4C[C@H]4F)cc3n(C)c2=O)c(C)c1F.O=CO. The number of rotatable bonds is 5. The summed E-state index contributed by atoms with van der Waals surface area (Å²) in [4.78, 5) is 41.7. The van der Waals surface area contributed by atoms with Gasteiger partial charge < -0.3 is 20.2 Å². The Bertz CT molecular complexity index is 1390. The highest BCUT2D eigenvalue weighted by Crippen LogP contribution is 2.34. The van der Waals surface area contributed by atoms with Crippen LogP contribution in [0.3, 0.4) is 0 Å². The maximum atomic E-state index is 14.9. The largest absolute Gasteiger partial charge is 0.483 e. The predicted molar refractivity (Wildman–Crippen MR) is 124 cm³/mol. The molecule has 2 atom stereocenters. The Labute approximate surface area is 197 Å². The van der Waals surface area contributed by atoms with Crippen molar-refractivity contribution in [1.82, 2.24) is 14.5 Å². The van der Waals surface area contributed by atoms with E-state index in [-0.39, 0.29) is 47.7 Å². The van der Waals surface area contributed by atoms with Crippen LogP contribution in [0.1, 0.15) is 31.0 Å². The van der Waals surface area contributed by atoms with Crippen LogP contribution >= 0.6 is 0 Å². The van der Waals surface area contributed by atoms with Gasteiger partial charge in [0.1, 0.15) is 23.4 Å². The molecule has 1 aliphatic carbocycles. The number of halogens is 2. The topological polar surface area (TPSA) is 147 Å². The van der Waals surface area contributed by atoms with E-state index in [2.05, 4.69) is 20.4 Å². The second-order valence-electron chi connectivity index (χ2n) is 7.86. The number of hydrogen-bond donors (Lipinski definition) is 3. The van der Waals surface area contributed by atoms with Crippen molar-refractivity contribution in [2.45, 2.75) is 32.9 Å².